The Morgan fingerprint density at radius 2 is 1.86 bits per heavy atom. The van der Waals surface area contributed by atoms with Gasteiger partial charge in [-0.1, -0.05) is 0 Å². The molecule has 0 N–H and O–H groups in total. The van der Waals surface area contributed by atoms with E-state index >= 15 is 0 Å². The maximum absolute atomic E-state index is 13.1. The number of halogens is 5. The Balaban J connectivity index is 1.72. The highest BCUT2D eigenvalue weighted by Crippen LogP contribution is 2.32. The summed E-state index contributed by atoms with van der Waals surface area (Å²) >= 11 is 0. The van der Waals surface area contributed by atoms with E-state index in [-0.39, 0.29) is 37.3 Å². The standard InChI is InChI=1S/C18H17F5N4O/c1-12-8-13(10-14(9-12)18(21,22)23)16-24-11-27(25-16)5-2-15(28)26-6-3-17(19,20)4-7-26/h2,5,8-11H,3-4,6-7H2,1H3. The number of piperidine rings is 1. The van der Waals surface area contributed by atoms with Crippen LogP contribution in [0.2, 0.25) is 0 Å². The highest BCUT2D eigenvalue weighted by Gasteiger charge is 2.35. The van der Waals surface area contributed by atoms with Crippen molar-refractivity contribution in [3.8, 4) is 11.4 Å². The molecule has 1 saturated heterocycles. The molecule has 2 heterocycles. The largest absolute Gasteiger partial charge is 0.416 e. The zero-order valence-electron chi connectivity index (χ0n) is 14.9. The van der Waals surface area contributed by atoms with Gasteiger partial charge in [-0.25, -0.2) is 18.4 Å². The van der Waals surface area contributed by atoms with Gasteiger partial charge in [0.05, 0.1) is 5.56 Å². The number of hydrogen-bond acceptors (Lipinski definition) is 3. The summed E-state index contributed by atoms with van der Waals surface area (Å²) in [6.07, 6.45) is -1.55. The Kier molecular flexibility index (Phi) is 5.22. The first-order valence-corrected chi connectivity index (χ1v) is 8.49. The van der Waals surface area contributed by atoms with Crippen LogP contribution in [0.5, 0.6) is 0 Å². The van der Waals surface area contributed by atoms with Gasteiger partial charge >= 0.3 is 6.18 Å². The molecule has 28 heavy (non-hydrogen) atoms. The van der Waals surface area contributed by atoms with Crippen molar-refractivity contribution in [1.82, 2.24) is 19.7 Å². The van der Waals surface area contributed by atoms with E-state index in [4.69, 9.17) is 0 Å². The highest BCUT2D eigenvalue weighted by atomic mass is 19.4. The molecule has 0 atom stereocenters. The predicted octanol–water partition coefficient (Wildman–Crippen LogP) is 4.00. The van der Waals surface area contributed by atoms with Crippen molar-refractivity contribution >= 4 is 12.1 Å². The van der Waals surface area contributed by atoms with Crippen LogP contribution in [0, 0.1) is 6.92 Å². The maximum atomic E-state index is 13.1. The number of aromatic nitrogens is 3. The van der Waals surface area contributed by atoms with E-state index in [1.807, 2.05) is 0 Å². The SMILES string of the molecule is Cc1cc(-c2ncn(C=CC(=O)N3CCC(F)(F)CC3)n2)cc(C(F)(F)F)c1. The Morgan fingerprint density at radius 3 is 2.50 bits per heavy atom. The fourth-order valence-corrected chi connectivity index (χ4v) is 2.85. The second-order valence-corrected chi connectivity index (χ2v) is 6.63. The number of carbonyl (C=O) groups excluding carboxylic acids is 1. The highest BCUT2D eigenvalue weighted by molar-refractivity contribution is 5.90. The molecule has 0 saturated carbocycles. The third kappa shape index (κ3) is 4.73. The summed E-state index contributed by atoms with van der Waals surface area (Å²) in [6, 6.07) is 3.51. The lowest BCUT2D eigenvalue weighted by Gasteiger charge is -2.30. The minimum Gasteiger partial charge on any atom is -0.339 e. The second kappa shape index (κ2) is 7.33. The van der Waals surface area contributed by atoms with Gasteiger partial charge < -0.3 is 4.90 Å². The lowest BCUT2D eigenvalue weighted by Crippen LogP contribution is -2.42. The third-order valence-corrected chi connectivity index (χ3v) is 4.35. The summed E-state index contributed by atoms with van der Waals surface area (Å²) in [7, 11) is 0. The second-order valence-electron chi connectivity index (χ2n) is 6.63. The normalized spacial score (nSPS) is 17.3. The van der Waals surface area contributed by atoms with E-state index in [1.165, 1.54) is 41.2 Å². The Hall–Kier alpha value is -2.78. The first kappa shape index (κ1) is 20.0. The number of aryl methyl sites for hydroxylation is 1. The molecular weight excluding hydrogens is 383 g/mol. The fraction of sp³-hybridized carbons (Fsp3) is 0.389. The third-order valence-electron chi connectivity index (χ3n) is 4.35. The van der Waals surface area contributed by atoms with Crippen molar-refractivity contribution in [2.24, 2.45) is 0 Å². The van der Waals surface area contributed by atoms with Gasteiger partial charge in [0, 0.05) is 43.8 Å². The summed E-state index contributed by atoms with van der Waals surface area (Å²) in [5, 5.41) is 4.05. The van der Waals surface area contributed by atoms with Crippen LogP contribution >= 0.6 is 0 Å². The lowest BCUT2D eigenvalue weighted by molar-refractivity contribution is -0.137. The van der Waals surface area contributed by atoms with Crippen molar-refractivity contribution < 1.29 is 26.7 Å². The van der Waals surface area contributed by atoms with Gasteiger partial charge in [0.1, 0.15) is 6.33 Å². The number of hydrogen-bond donors (Lipinski definition) is 0. The average molecular weight is 400 g/mol. The first-order chi connectivity index (χ1) is 13.0. The number of benzene rings is 1. The van der Waals surface area contributed by atoms with Crippen LogP contribution < -0.4 is 0 Å². The van der Waals surface area contributed by atoms with E-state index in [2.05, 4.69) is 10.1 Å². The number of likely N-dealkylation sites (tertiary alicyclic amines) is 1. The molecule has 1 aromatic carbocycles. The molecule has 0 spiro atoms. The molecule has 0 unspecified atom stereocenters. The van der Waals surface area contributed by atoms with Crippen LogP contribution in [-0.2, 0) is 11.0 Å². The summed E-state index contributed by atoms with van der Waals surface area (Å²) in [5.74, 6) is -3.11. The molecule has 10 heteroatoms. The molecule has 2 aromatic rings. The molecule has 0 radical (unpaired) electrons. The van der Waals surface area contributed by atoms with Crippen molar-refractivity contribution in [3.63, 3.8) is 0 Å². The summed E-state index contributed by atoms with van der Waals surface area (Å²) in [4.78, 5) is 17.3. The van der Waals surface area contributed by atoms with Gasteiger partial charge in [0.25, 0.3) is 5.92 Å². The molecule has 1 aliphatic heterocycles. The lowest BCUT2D eigenvalue weighted by atomic mass is 10.1. The molecular formula is C18H17F5N4O. The zero-order chi connectivity index (χ0) is 20.5. The van der Waals surface area contributed by atoms with Crippen LogP contribution in [0.4, 0.5) is 22.0 Å². The number of amides is 1. The van der Waals surface area contributed by atoms with Gasteiger partial charge in [-0.2, -0.15) is 13.2 Å². The van der Waals surface area contributed by atoms with Crippen LogP contribution in [-0.4, -0.2) is 44.6 Å². The topological polar surface area (TPSA) is 51.0 Å². The predicted molar refractivity (Wildman–Crippen MR) is 91.3 cm³/mol. The molecule has 0 aliphatic carbocycles. The van der Waals surface area contributed by atoms with Gasteiger partial charge in [0.15, 0.2) is 5.82 Å². The Morgan fingerprint density at radius 1 is 1.18 bits per heavy atom. The molecule has 1 fully saturated rings. The molecule has 150 valence electrons. The minimum atomic E-state index is -4.49. The zero-order valence-corrected chi connectivity index (χ0v) is 14.9. The van der Waals surface area contributed by atoms with E-state index in [0.29, 0.717) is 5.56 Å². The van der Waals surface area contributed by atoms with Crippen molar-refractivity contribution in [1.29, 1.82) is 0 Å². The molecule has 5 nitrogen and oxygen atoms in total. The summed E-state index contributed by atoms with van der Waals surface area (Å²) < 4.78 is 66.3. The minimum absolute atomic E-state index is 0.0394. The van der Waals surface area contributed by atoms with Crippen molar-refractivity contribution in [3.05, 3.63) is 41.7 Å². The Bertz CT molecular complexity index is 894. The molecule has 1 amide bonds. The average Bonchev–Trinajstić information content (AvgIpc) is 3.07. The molecule has 1 aliphatic rings. The van der Waals surface area contributed by atoms with Gasteiger partial charge in [-0.15, -0.1) is 5.10 Å². The number of nitrogens with zero attached hydrogens (tertiary/aromatic N) is 4. The van der Waals surface area contributed by atoms with E-state index in [9.17, 15) is 26.7 Å². The number of rotatable bonds is 3. The maximum Gasteiger partial charge on any atom is 0.416 e. The van der Waals surface area contributed by atoms with E-state index in [1.54, 1.807) is 0 Å². The Labute approximate surface area is 157 Å². The van der Waals surface area contributed by atoms with Gasteiger partial charge in [-0.3, -0.25) is 4.79 Å². The number of alkyl halides is 5. The molecule has 0 bridgehead atoms. The van der Waals surface area contributed by atoms with Crippen LogP contribution in [0.15, 0.2) is 30.6 Å². The van der Waals surface area contributed by atoms with Crippen molar-refractivity contribution in [2.75, 3.05) is 13.1 Å². The number of carbonyl (C=O) groups is 1. The molecule has 3 rings (SSSR count). The monoisotopic (exact) mass is 400 g/mol. The quantitative estimate of drug-likeness (QED) is 0.578. The van der Waals surface area contributed by atoms with Crippen LogP contribution in [0.1, 0.15) is 24.0 Å². The van der Waals surface area contributed by atoms with E-state index in [0.717, 1.165) is 12.1 Å². The van der Waals surface area contributed by atoms with Gasteiger partial charge in [-0.05, 0) is 30.7 Å². The fourth-order valence-electron chi connectivity index (χ4n) is 2.85. The van der Waals surface area contributed by atoms with E-state index < -0.39 is 23.6 Å². The summed E-state index contributed by atoms with van der Waals surface area (Å²) in [5.41, 5.74) is -0.190. The van der Waals surface area contributed by atoms with Crippen LogP contribution in [0.25, 0.3) is 17.6 Å². The summed E-state index contributed by atoms with van der Waals surface area (Å²) in [6.45, 7) is 1.46. The smallest absolute Gasteiger partial charge is 0.339 e. The van der Waals surface area contributed by atoms with Gasteiger partial charge in [0.2, 0.25) is 5.91 Å². The van der Waals surface area contributed by atoms with Crippen LogP contribution in [0.3, 0.4) is 0 Å². The molecule has 1 aromatic heterocycles. The first-order valence-electron chi connectivity index (χ1n) is 8.49. The van der Waals surface area contributed by atoms with Crippen molar-refractivity contribution in [2.45, 2.75) is 31.9 Å².